The molecule has 2 heterocycles. The molecular formula is C29H29N3O6. The number of rotatable bonds is 6. The van der Waals surface area contributed by atoms with Gasteiger partial charge in [0.25, 0.3) is 11.8 Å². The highest BCUT2D eigenvalue weighted by molar-refractivity contribution is 6.04. The van der Waals surface area contributed by atoms with Crippen LogP contribution < -0.4 is 30.0 Å². The molecule has 0 atom stereocenters. The van der Waals surface area contributed by atoms with Gasteiger partial charge < -0.3 is 34.9 Å². The number of amides is 2. The van der Waals surface area contributed by atoms with Crippen molar-refractivity contribution >= 4 is 17.5 Å². The van der Waals surface area contributed by atoms with Gasteiger partial charge in [-0.2, -0.15) is 0 Å². The molecule has 38 heavy (non-hydrogen) atoms. The average Bonchev–Trinajstić information content (AvgIpc) is 3.61. The standard InChI is InChI=1S/C29H29N3O6/c30-21-6-8-23(9-7-21)32(29(34)20-5-11-25-27(14-20)38-17-36-25)15-18-2-1-3-22(12-18)31-28(33)19-4-10-24-26(13-19)37-16-35-24/h1-5,10-14,21,23H,6-9,15-17,30H2,(H,31,33). The van der Waals surface area contributed by atoms with Crippen molar-refractivity contribution in [3.05, 3.63) is 77.4 Å². The molecule has 1 fully saturated rings. The lowest BCUT2D eigenvalue weighted by Gasteiger charge is -2.36. The lowest BCUT2D eigenvalue weighted by atomic mass is 9.90. The molecule has 1 aliphatic carbocycles. The van der Waals surface area contributed by atoms with Crippen LogP contribution in [-0.4, -0.2) is 42.4 Å². The van der Waals surface area contributed by atoms with Crippen molar-refractivity contribution in [2.24, 2.45) is 5.73 Å². The van der Waals surface area contributed by atoms with Crippen LogP contribution >= 0.6 is 0 Å². The Morgan fingerprint density at radius 3 is 2.13 bits per heavy atom. The highest BCUT2D eigenvalue weighted by Gasteiger charge is 2.29. The molecule has 2 aliphatic heterocycles. The summed E-state index contributed by atoms with van der Waals surface area (Å²) in [6.45, 7) is 0.708. The fourth-order valence-corrected chi connectivity index (χ4v) is 5.16. The van der Waals surface area contributed by atoms with E-state index in [0.717, 1.165) is 31.2 Å². The molecule has 0 spiro atoms. The number of carbonyl (C=O) groups is 2. The molecule has 3 N–H and O–H groups in total. The van der Waals surface area contributed by atoms with Crippen molar-refractivity contribution in [3.63, 3.8) is 0 Å². The first-order valence-electron chi connectivity index (χ1n) is 12.8. The van der Waals surface area contributed by atoms with Crippen molar-refractivity contribution < 1.29 is 28.5 Å². The third-order valence-corrected chi connectivity index (χ3v) is 7.24. The number of anilines is 1. The van der Waals surface area contributed by atoms with Crippen LogP contribution in [0.4, 0.5) is 5.69 Å². The molecule has 3 aromatic rings. The molecule has 3 aliphatic rings. The first-order valence-corrected chi connectivity index (χ1v) is 12.8. The minimum atomic E-state index is -0.255. The molecule has 1 saturated carbocycles. The predicted molar refractivity (Wildman–Crippen MR) is 140 cm³/mol. The number of carbonyl (C=O) groups excluding carboxylic acids is 2. The Kier molecular flexibility index (Phi) is 6.51. The van der Waals surface area contributed by atoms with Crippen molar-refractivity contribution in [3.8, 4) is 23.0 Å². The Morgan fingerprint density at radius 2 is 1.42 bits per heavy atom. The molecule has 0 aromatic heterocycles. The Balaban J connectivity index is 1.21. The molecule has 196 valence electrons. The molecule has 0 unspecified atom stereocenters. The zero-order valence-corrected chi connectivity index (χ0v) is 20.9. The Hall–Kier alpha value is -4.24. The predicted octanol–water partition coefficient (Wildman–Crippen LogP) is 4.31. The summed E-state index contributed by atoms with van der Waals surface area (Å²) in [6.07, 6.45) is 3.44. The van der Waals surface area contributed by atoms with E-state index in [4.69, 9.17) is 24.7 Å². The van der Waals surface area contributed by atoms with Crippen LogP contribution in [0.2, 0.25) is 0 Å². The number of fused-ring (bicyclic) bond motifs is 2. The molecule has 0 bridgehead atoms. The van der Waals surface area contributed by atoms with E-state index in [9.17, 15) is 9.59 Å². The second-order valence-corrected chi connectivity index (χ2v) is 9.79. The number of nitrogens with zero attached hydrogens (tertiary/aromatic N) is 1. The zero-order valence-electron chi connectivity index (χ0n) is 20.9. The Morgan fingerprint density at radius 1 is 0.789 bits per heavy atom. The van der Waals surface area contributed by atoms with Gasteiger partial charge >= 0.3 is 0 Å². The maximum Gasteiger partial charge on any atom is 0.255 e. The molecular weight excluding hydrogens is 486 g/mol. The number of benzene rings is 3. The summed E-state index contributed by atoms with van der Waals surface area (Å²) in [7, 11) is 0. The van der Waals surface area contributed by atoms with Crippen LogP contribution in [0, 0.1) is 0 Å². The molecule has 6 rings (SSSR count). The van der Waals surface area contributed by atoms with Gasteiger partial charge in [-0.05, 0) is 79.8 Å². The number of hydrogen-bond acceptors (Lipinski definition) is 7. The summed E-state index contributed by atoms with van der Waals surface area (Å²) in [5, 5.41) is 2.95. The Labute approximate surface area is 220 Å². The minimum absolute atomic E-state index is 0.0691. The van der Waals surface area contributed by atoms with Gasteiger partial charge in [0.05, 0.1) is 0 Å². The SMILES string of the molecule is NC1CCC(N(Cc2cccc(NC(=O)c3ccc4c(c3)OCO4)c2)C(=O)c2ccc3c(c2)OCO3)CC1. The van der Waals surface area contributed by atoms with Crippen molar-refractivity contribution in [1.82, 2.24) is 4.90 Å². The fraction of sp³-hybridized carbons (Fsp3) is 0.310. The molecule has 2 amide bonds. The van der Waals surface area contributed by atoms with E-state index in [1.54, 1.807) is 36.4 Å². The summed E-state index contributed by atoms with van der Waals surface area (Å²) >= 11 is 0. The number of hydrogen-bond donors (Lipinski definition) is 2. The second-order valence-electron chi connectivity index (χ2n) is 9.79. The molecule has 0 radical (unpaired) electrons. The van der Waals surface area contributed by atoms with Crippen LogP contribution in [-0.2, 0) is 6.54 Å². The van der Waals surface area contributed by atoms with Gasteiger partial charge in [-0.15, -0.1) is 0 Å². The fourth-order valence-electron chi connectivity index (χ4n) is 5.16. The summed E-state index contributed by atoms with van der Waals surface area (Å²) < 4.78 is 21.6. The van der Waals surface area contributed by atoms with Crippen molar-refractivity contribution in [1.29, 1.82) is 0 Å². The number of nitrogens with one attached hydrogen (secondary N) is 1. The summed E-state index contributed by atoms with van der Waals surface area (Å²) in [5.41, 5.74) is 8.74. The highest BCUT2D eigenvalue weighted by Crippen LogP contribution is 2.35. The number of ether oxygens (including phenoxy) is 4. The second kappa shape index (κ2) is 10.3. The molecule has 3 aromatic carbocycles. The monoisotopic (exact) mass is 515 g/mol. The van der Waals surface area contributed by atoms with E-state index in [0.29, 0.717) is 46.4 Å². The molecule has 0 saturated heterocycles. The first kappa shape index (κ1) is 24.1. The van der Waals surface area contributed by atoms with E-state index in [-0.39, 0.29) is 37.5 Å². The average molecular weight is 516 g/mol. The van der Waals surface area contributed by atoms with E-state index in [2.05, 4.69) is 5.32 Å². The van der Waals surface area contributed by atoms with E-state index in [1.807, 2.05) is 29.2 Å². The van der Waals surface area contributed by atoms with Gasteiger partial charge in [0.15, 0.2) is 23.0 Å². The van der Waals surface area contributed by atoms with Crippen LogP contribution in [0.3, 0.4) is 0 Å². The third kappa shape index (κ3) is 4.97. The molecule has 9 nitrogen and oxygen atoms in total. The largest absolute Gasteiger partial charge is 0.454 e. The van der Waals surface area contributed by atoms with Crippen LogP contribution in [0.5, 0.6) is 23.0 Å². The van der Waals surface area contributed by atoms with Crippen LogP contribution in [0.25, 0.3) is 0 Å². The van der Waals surface area contributed by atoms with Gasteiger partial charge in [0, 0.05) is 35.4 Å². The van der Waals surface area contributed by atoms with Gasteiger partial charge in [-0.1, -0.05) is 12.1 Å². The zero-order chi connectivity index (χ0) is 26.1. The maximum atomic E-state index is 13.8. The first-order chi connectivity index (χ1) is 18.5. The summed E-state index contributed by atoms with van der Waals surface area (Å²) in [6, 6.07) is 18.2. The van der Waals surface area contributed by atoms with E-state index >= 15 is 0 Å². The molecule has 9 heteroatoms. The van der Waals surface area contributed by atoms with Crippen molar-refractivity contribution in [2.75, 3.05) is 18.9 Å². The quantitative estimate of drug-likeness (QED) is 0.503. The lowest BCUT2D eigenvalue weighted by molar-refractivity contribution is 0.0606. The minimum Gasteiger partial charge on any atom is -0.454 e. The third-order valence-electron chi connectivity index (χ3n) is 7.24. The normalized spacial score (nSPS) is 19.2. The van der Waals surface area contributed by atoms with E-state index in [1.165, 1.54) is 0 Å². The summed E-state index contributed by atoms with van der Waals surface area (Å²) in [5.74, 6) is 2.07. The van der Waals surface area contributed by atoms with Gasteiger partial charge in [-0.25, -0.2) is 0 Å². The maximum absolute atomic E-state index is 13.8. The summed E-state index contributed by atoms with van der Waals surface area (Å²) in [4.78, 5) is 28.6. The van der Waals surface area contributed by atoms with Gasteiger partial charge in [-0.3, -0.25) is 9.59 Å². The van der Waals surface area contributed by atoms with Crippen LogP contribution in [0.1, 0.15) is 52.0 Å². The van der Waals surface area contributed by atoms with Crippen LogP contribution in [0.15, 0.2) is 60.7 Å². The highest BCUT2D eigenvalue weighted by atomic mass is 16.7. The van der Waals surface area contributed by atoms with Crippen molar-refractivity contribution in [2.45, 2.75) is 44.3 Å². The van der Waals surface area contributed by atoms with E-state index < -0.39 is 0 Å². The number of nitrogens with two attached hydrogens (primary N) is 1. The van der Waals surface area contributed by atoms with Gasteiger partial charge in [0.1, 0.15) is 0 Å². The Bertz CT molecular complexity index is 1370. The topological polar surface area (TPSA) is 112 Å². The lowest BCUT2D eigenvalue weighted by Crippen LogP contribution is -2.43. The smallest absolute Gasteiger partial charge is 0.255 e. The van der Waals surface area contributed by atoms with Gasteiger partial charge in [0.2, 0.25) is 13.6 Å².